The summed E-state index contributed by atoms with van der Waals surface area (Å²) >= 11 is 0. The highest BCUT2D eigenvalue weighted by molar-refractivity contribution is 5.99. The van der Waals surface area contributed by atoms with Gasteiger partial charge in [0.1, 0.15) is 30.2 Å². The minimum Gasteiger partial charge on any atom is -0.462 e. The second kappa shape index (κ2) is 19.4. The van der Waals surface area contributed by atoms with Gasteiger partial charge in [0.05, 0.1) is 30.8 Å². The van der Waals surface area contributed by atoms with Gasteiger partial charge in [0, 0.05) is 39.2 Å². The van der Waals surface area contributed by atoms with E-state index in [9.17, 15) is 4.79 Å². The zero-order valence-corrected chi connectivity index (χ0v) is 36.8. The number of allylic oxidation sites excluding steroid dienone is 2. The Bertz CT molecular complexity index is 1620. The van der Waals surface area contributed by atoms with Gasteiger partial charge >= 0.3 is 5.97 Å². The average Bonchev–Trinajstić information content (AvgIpc) is 3.79. The van der Waals surface area contributed by atoms with Crippen molar-refractivity contribution in [1.29, 1.82) is 0 Å². The monoisotopic (exact) mass is 827 g/mol. The number of fused-ring (bicyclic) bond motifs is 5. The number of nitrogens with zero attached hydrogens (tertiary/aromatic N) is 1. The highest BCUT2D eigenvalue weighted by atomic mass is 19.1. The van der Waals surface area contributed by atoms with Crippen molar-refractivity contribution in [3.05, 3.63) is 47.3 Å². The fourth-order valence-electron chi connectivity index (χ4n) is 12.1. The molecule has 3 aliphatic heterocycles. The SMILES string of the molecule is CC[C@H]1CCC[C@H](O[C@H]2CC[C@H](N(C)C)C(C)O2)[C@@H](C)C(=O)C2=C[C@@H]3C(C(c4cccc(F)c4)C[C@@H]4C[C@@H](O[C@@H]5OC(C)[C@H](OC)C(OC)[C@@H]5OC)C[C@H]43)[C@@H]2CC(=O)O1. The largest absolute Gasteiger partial charge is 0.462 e. The van der Waals surface area contributed by atoms with E-state index in [1.54, 1.807) is 33.5 Å². The van der Waals surface area contributed by atoms with E-state index in [-0.39, 0.29) is 102 Å². The van der Waals surface area contributed by atoms with Crippen molar-refractivity contribution in [3.63, 3.8) is 0 Å². The van der Waals surface area contributed by atoms with Gasteiger partial charge in [-0.1, -0.05) is 32.1 Å². The van der Waals surface area contributed by atoms with Crippen LogP contribution < -0.4 is 0 Å². The van der Waals surface area contributed by atoms with Crippen LogP contribution in [0.25, 0.3) is 0 Å². The third-order valence-electron chi connectivity index (χ3n) is 15.1. The molecule has 0 bridgehead atoms. The molecule has 3 aliphatic carbocycles. The van der Waals surface area contributed by atoms with Crippen molar-refractivity contribution >= 4 is 11.8 Å². The highest BCUT2D eigenvalue weighted by Crippen LogP contribution is 2.61. The summed E-state index contributed by atoms with van der Waals surface area (Å²) in [5.74, 6) is -1.13. The predicted octanol–water partition coefficient (Wildman–Crippen LogP) is 7.24. The Hall–Kier alpha value is -2.29. The molecule has 3 heterocycles. The zero-order chi connectivity index (χ0) is 42.1. The number of hydrogen-bond acceptors (Lipinski definition) is 11. The average molecular weight is 828 g/mol. The summed E-state index contributed by atoms with van der Waals surface area (Å²) in [6.07, 6.45) is 5.96. The molecule has 11 nitrogen and oxygen atoms in total. The molecular weight excluding hydrogens is 758 g/mol. The Labute approximate surface area is 351 Å². The fraction of sp³-hybridized carbons (Fsp3) is 0.787. The molecule has 5 unspecified atom stereocenters. The van der Waals surface area contributed by atoms with Crippen LogP contribution in [0.2, 0.25) is 0 Å². The van der Waals surface area contributed by atoms with Gasteiger partial charge < -0.3 is 42.8 Å². The van der Waals surface area contributed by atoms with Gasteiger partial charge in [0.2, 0.25) is 0 Å². The summed E-state index contributed by atoms with van der Waals surface area (Å²) in [6, 6.07) is 7.20. The van der Waals surface area contributed by atoms with Gasteiger partial charge in [-0.05, 0) is 139 Å². The maximum atomic E-state index is 15.1. The summed E-state index contributed by atoms with van der Waals surface area (Å²) < 4.78 is 65.2. The third kappa shape index (κ3) is 9.41. The minimum atomic E-state index is -0.659. The van der Waals surface area contributed by atoms with Crippen LogP contribution in [-0.2, 0) is 47.5 Å². The number of esters is 1. The Balaban J connectivity index is 1.20. The molecule has 0 radical (unpaired) electrons. The first-order chi connectivity index (χ1) is 28.3. The highest BCUT2D eigenvalue weighted by Gasteiger charge is 2.57. The first-order valence-electron chi connectivity index (χ1n) is 22.4. The molecule has 18 atom stereocenters. The summed E-state index contributed by atoms with van der Waals surface area (Å²) in [5, 5.41) is 0. The van der Waals surface area contributed by atoms with Gasteiger partial charge in [-0.3, -0.25) is 9.59 Å². The molecule has 0 N–H and O–H groups in total. The molecule has 0 spiro atoms. The van der Waals surface area contributed by atoms with Gasteiger partial charge in [-0.15, -0.1) is 0 Å². The van der Waals surface area contributed by atoms with E-state index in [1.807, 2.05) is 19.9 Å². The molecule has 7 rings (SSSR count). The van der Waals surface area contributed by atoms with E-state index in [4.69, 9.17) is 37.9 Å². The Kier molecular flexibility index (Phi) is 14.7. The summed E-state index contributed by atoms with van der Waals surface area (Å²) in [7, 11) is 9.09. The van der Waals surface area contributed by atoms with E-state index in [0.717, 1.165) is 44.1 Å². The van der Waals surface area contributed by atoms with Crippen molar-refractivity contribution in [3.8, 4) is 0 Å². The topological polar surface area (TPSA) is 111 Å². The van der Waals surface area contributed by atoms with Crippen LogP contribution in [0.5, 0.6) is 0 Å². The first-order valence-corrected chi connectivity index (χ1v) is 22.4. The van der Waals surface area contributed by atoms with Crippen LogP contribution in [0.4, 0.5) is 4.39 Å². The van der Waals surface area contributed by atoms with E-state index >= 15 is 9.18 Å². The molecule has 6 aliphatic rings. The Morgan fingerprint density at radius 1 is 0.847 bits per heavy atom. The van der Waals surface area contributed by atoms with Crippen molar-refractivity contribution in [2.75, 3.05) is 35.4 Å². The molecule has 12 heteroatoms. The van der Waals surface area contributed by atoms with E-state index in [2.05, 4.69) is 38.9 Å². The maximum Gasteiger partial charge on any atom is 0.306 e. The molecule has 330 valence electrons. The van der Waals surface area contributed by atoms with Gasteiger partial charge in [0.25, 0.3) is 0 Å². The first kappa shape index (κ1) is 44.8. The van der Waals surface area contributed by atoms with Gasteiger partial charge in [-0.2, -0.15) is 0 Å². The van der Waals surface area contributed by atoms with Crippen LogP contribution >= 0.6 is 0 Å². The predicted molar refractivity (Wildman–Crippen MR) is 219 cm³/mol. The number of carbonyl (C=O) groups excluding carboxylic acids is 2. The number of ether oxygens (including phenoxy) is 8. The number of hydrogen-bond donors (Lipinski definition) is 0. The second-order valence-corrected chi connectivity index (χ2v) is 18.6. The summed E-state index contributed by atoms with van der Waals surface area (Å²) in [5.41, 5.74) is 1.60. The smallest absolute Gasteiger partial charge is 0.306 e. The maximum absolute atomic E-state index is 15.1. The Morgan fingerprint density at radius 3 is 2.29 bits per heavy atom. The second-order valence-electron chi connectivity index (χ2n) is 18.6. The number of rotatable bonds is 10. The van der Waals surface area contributed by atoms with Gasteiger partial charge in [0.15, 0.2) is 18.4 Å². The van der Waals surface area contributed by atoms with Crippen LogP contribution in [-0.4, -0.2) is 120 Å². The third-order valence-corrected chi connectivity index (χ3v) is 15.1. The van der Waals surface area contributed by atoms with Crippen molar-refractivity contribution in [2.24, 2.45) is 35.5 Å². The van der Waals surface area contributed by atoms with Gasteiger partial charge in [-0.25, -0.2) is 4.39 Å². The molecular formula is C47H70FNO10. The lowest BCUT2D eigenvalue weighted by Gasteiger charge is -2.44. The molecule has 3 saturated heterocycles. The molecule has 1 aromatic rings. The number of methoxy groups -OCH3 is 3. The standard InChI is InChI=1S/C47H70FNO10/c1-10-31-15-12-16-39(59-41-18-17-38(49(5)6)26(3)55-41)25(2)43(51)37-23-35-33-22-32(58-47-46(54-9)45(53-8)44(52-7)27(4)56-47)20-29(33)21-34(28-13-11-14-30(48)19-28)42(35)36(37)24-40(50)57-31/h11,13-14,19,23,25-27,29,31-36,38-39,41-42,44-47H,10,12,15-18,20-22,24H2,1-9H3/t25-,26?,27?,29+,31+,32-,33-,34?,35+,36-,38+,39+,41+,42?,44+,45?,46+,47+/m1/s1. The molecule has 2 saturated carbocycles. The number of cyclic esters (lactones) is 1. The minimum absolute atomic E-state index is 0.000932. The fourth-order valence-corrected chi connectivity index (χ4v) is 12.1. The molecule has 1 aromatic carbocycles. The van der Waals surface area contributed by atoms with Crippen LogP contribution in [0, 0.1) is 41.3 Å². The number of carbonyl (C=O) groups is 2. The van der Waals surface area contributed by atoms with Crippen LogP contribution in [0.15, 0.2) is 35.9 Å². The van der Waals surface area contributed by atoms with Crippen molar-refractivity contribution in [1.82, 2.24) is 4.90 Å². The van der Waals surface area contributed by atoms with Crippen molar-refractivity contribution < 1.29 is 51.9 Å². The lowest BCUT2D eigenvalue weighted by Crippen LogP contribution is -2.59. The molecule has 0 amide bonds. The summed E-state index contributed by atoms with van der Waals surface area (Å²) in [4.78, 5) is 31.3. The van der Waals surface area contributed by atoms with Crippen LogP contribution in [0.1, 0.15) is 103 Å². The normalized spacial score (nSPS) is 43.2. The zero-order valence-electron chi connectivity index (χ0n) is 36.8. The van der Waals surface area contributed by atoms with Crippen LogP contribution in [0.3, 0.4) is 0 Å². The number of Topliss-reactive ketones (excluding diaryl/α,β-unsaturated/α-hetero) is 1. The lowest BCUT2D eigenvalue weighted by molar-refractivity contribution is -0.314. The van der Waals surface area contributed by atoms with E-state index < -0.39 is 24.6 Å². The number of benzene rings is 1. The Morgan fingerprint density at radius 2 is 1.61 bits per heavy atom. The number of likely N-dealkylation sites (N-methyl/N-ethyl adjacent to an activating group) is 1. The number of ketones is 1. The quantitative estimate of drug-likeness (QED) is 0.223. The van der Waals surface area contributed by atoms with E-state index in [0.29, 0.717) is 30.9 Å². The lowest BCUT2D eigenvalue weighted by atomic mass is 9.59. The summed E-state index contributed by atoms with van der Waals surface area (Å²) in [6.45, 7) is 8.10. The van der Waals surface area contributed by atoms with E-state index in [1.165, 1.54) is 6.07 Å². The molecule has 0 aromatic heterocycles. The molecule has 5 fully saturated rings. The molecule has 59 heavy (non-hydrogen) atoms. The van der Waals surface area contributed by atoms with Crippen molar-refractivity contribution in [2.45, 2.75) is 165 Å². The number of halogens is 1.